The minimum absolute atomic E-state index is 0.572. The van der Waals surface area contributed by atoms with E-state index in [1.807, 2.05) is 37.3 Å². The van der Waals surface area contributed by atoms with Gasteiger partial charge in [0, 0.05) is 6.21 Å². The normalized spacial score (nSPS) is 14.7. The summed E-state index contributed by atoms with van der Waals surface area (Å²) in [6.07, 6.45) is 4.06. The maximum atomic E-state index is 11.2. The number of rotatable bonds is 6. The molecule has 17 heavy (non-hydrogen) atoms. The number of unbranched alkanes of at least 4 members (excludes halogenated alkanes) is 1. The van der Waals surface area contributed by atoms with Crippen molar-refractivity contribution in [1.29, 1.82) is 0 Å². The summed E-state index contributed by atoms with van der Waals surface area (Å²) in [5.41, 5.74) is -0.0808. The van der Waals surface area contributed by atoms with Crippen molar-refractivity contribution in [3.8, 4) is 0 Å². The fraction of sp³-hybridized carbons (Fsp3) is 0.429. The SMILES string of the molecule is CCCCC(C)(/N=C/c1ccccc1)C(=O)O. The molecule has 1 rings (SSSR count). The molecule has 0 spiro atoms. The van der Waals surface area contributed by atoms with E-state index in [-0.39, 0.29) is 0 Å². The molecule has 0 aromatic heterocycles. The minimum atomic E-state index is -1.01. The average Bonchev–Trinajstić information content (AvgIpc) is 2.35. The Morgan fingerprint density at radius 2 is 2.06 bits per heavy atom. The van der Waals surface area contributed by atoms with Gasteiger partial charge in [0.15, 0.2) is 5.54 Å². The molecule has 0 fully saturated rings. The lowest BCUT2D eigenvalue weighted by molar-refractivity contribution is -0.142. The molecule has 0 aliphatic heterocycles. The van der Waals surface area contributed by atoms with E-state index in [1.54, 1.807) is 13.1 Å². The van der Waals surface area contributed by atoms with E-state index >= 15 is 0 Å². The third-order valence-corrected chi connectivity index (χ3v) is 2.78. The molecule has 1 atom stereocenters. The number of carbonyl (C=O) groups is 1. The zero-order chi connectivity index (χ0) is 12.7. The Kier molecular flexibility index (Phi) is 4.88. The molecule has 0 bridgehead atoms. The van der Waals surface area contributed by atoms with Crippen LogP contribution in [0, 0.1) is 0 Å². The Labute approximate surface area is 102 Å². The summed E-state index contributed by atoms with van der Waals surface area (Å²) in [6.45, 7) is 3.72. The molecule has 1 N–H and O–H groups in total. The Bertz CT molecular complexity index is 386. The molecule has 0 amide bonds. The van der Waals surface area contributed by atoms with Gasteiger partial charge in [0.1, 0.15) is 0 Å². The standard InChI is InChI=1S/C14H19NO2/c1-3-4-10-14(2,13(16)17)15-11-12-8-6-5-7-9-12/h5-9,11H,3-4,10H2,1-2H3,(H,16,17)/b15-11+. The first-order valence-corrected chi connectivity index (χ1v) is 5.92. The van der Waals surface area contributed by atoms with E-state index in [1.165, 1.54) is 0 Å². The van der Waals surface area contributed by atoms with Gasteiger partial charge < -0.3 is 5.11 Å². The van der Waals surface area contributed by atoms with Gasteiger partial charge in [-0.1, -0.05) is 50.1 Å². The van der Waals surface area contributed by atoms with Crippen LogP contribution in [0.4, 0.5) is 0 Å². The molecular formula is C14H19NO2. The summed E-state index contributed by atoms with van der Waals surface area (Å²) >= 11 is 0. The number of carboxylic acid groups (broad SMARTS) is 1. The summed E-state index contributed by atoms with van der Waals surface area (Å²) in [5.74, 6) is -0.863. The zero-order valence-electron chi connectivity index (χ0n) is 10.4. The Hall–Kier alpha value is -1.64. The van der Waals surface area contributed by atoms with Crippen molar-refractivity contribution in [2.45, 2.75) is 38.6 Å². The highest BCUT2D eigenvalue weighted by Crippen LogP contribution is 2.19. The second kappa shape index (κ2) is 6.18. The first kappa shape index (κ1) is 13.4. The molecule has 0 heterocycles. The molecule has 0 saturated heterocycles. The molecule has 92 valence electrons. The number of aliphatic carboxylic acids is 1. The van der Waals surface area contributed by atoms with E-state index in [0.29, 0.717) is 6.42 Å². The van der Waals surface area contributed by atoms with Gasteiger partial charge in [-0.05, 0) is 18.9 Å². The van der Waals surface area contributed by atoms with Crippen LogP contribution in [0.1, 0.15) is 38.7 Å². The molecular weight excluding hydrogens is 214 g/mol. The van der Waals surface area contributed by atoms with Crippen molar-refractivity contribution >= 4 is 12.2 Å². The highest BCUT2D eigenvalue weighted by Gasteiger charge is 2.30. The third-order valence-electron chi connectivity index (χ3n) is 2.78. The highest BCUT2D eigenvalue weighted by atomic mass is 16.4. The summed E-state index contributed by atoms with van der Waals surface area (Å²) in [7, 11) is 0. The largest absolute Gasteiger partial charge is 0.479 e. The van der Waals surface area contributed by atoms with Crippen LogP contribution < -0.4 is 0 Å². The Morgan fingerprint density at radius 1 is 1.41 bits per heavy atom. The quantitative estimate of drug-likeness (QED) is 0.767. The van der Waals surface area contributed by atoms with Crippen LogP contribution in [0.15, 0.2) is 35.3 Å². The Morgan fingerprint density at radius 3 is 2.59 bits per heavy atom. The minimum Gasteiger partial charge on any atom is -0.479 e. The van der Waals surface area contributed by atoms with Gasteiger partial charge >= 0.3 is 5.97 Å². The second-order valence-corrected chi connectivity index (χ2v) is 4.35. The molecule has 0 radical (unpaired) electrons. The van der Waals surface area contributed by atoms with Crippen molar-refractivity contribution < 1.29 is 9.90 Å². The molecule has 1 unspecified atom stereocenters. The van der Waals surface area contributed by atoms with Gasteiger partial charge in [-0.3, -0.25) is 4.99 Å². The van der Waals surface area contributed by atoms with Gasteiger partial charge in [0.2, 0.25) is 0 Å². The fourth-order valence-electron chi connectivity index (χ4n) is 1.50. The van der Waals surface area contributed by atoms with Crippen LogP contribution in [0.3, 0.4) is 0 Å². The van der Waals surface area contributed by atoms with E-state index in [0.717, 1.165) is 18.4 Å². The predicted octanol–water partition coefficient (Wildman–Crippen LogP) is 3.14. The van der Waals surface area contributed by atoms with Crippen molar-refractivity contribution in [3.05, 3.63) is 35.9 Å². The highest BCUT2D eigenvalue weighted by molar-refractivity contribution is 5.85. The molecule has 0 saturated carbocycles. The predicted molar refractivity (Wildman–Crippen MR) is 69.6 cm³/mol. The third kappa shape index (κ3) is 4.02. The molecule has 3 nitrogen and oxygen atoms in total. The van der Waals surface area contributed by atoms with Gasteiger partial charge in [-0.15, -0.1) is 0 Å². The van der Waals surface area contributed by atoms with E-state index in [9.17, 15) is 9.90 Å². The number of benzene rings is 1. The summed E-state index contributed by atoms with van der Waals surface area (Å²) in [5, 5.41) is 9.22. The van der Waals surface area contributed by atoms with Crippen LogP contribution in [-0.4, -0.2) is 22.8 Å². The van der Waals surface area contributed by atoms with Crippen LogP contribution in [0.2, 0.25) is 0 Å². The van der Waals surface area contributed by atoms with Crippen LogP contribution in [0.5, 0.6) is 0 Å². The van der Waals surface area contributed by atoms with Gasteiger partial charge in [0.25, 0.3) is 0 Å². The average molecular weight is 233 g/mol. The van der Waals surface area contributed by atoms with Crippen LogP contribution in [-0.2, 0) is 4.79 Å². The zero-order valence-corrected chi connectivity index (χ0v) is 10.4. The fourth-order valence-corrected chi connectivity index (χ4v) is 1.50. The maximum Gasteiger partial charge on any atom is 0.331 e. The number of aliphatic imine (C=N–C) groups is 1. The van der Waals surface area contributed by atoms with Gasteiger partial charge in [-0.25, -0.2) is 4.79 Å². The van der Waals surface area contributed by atoms with Gasteiger partial charge in [-0.2, -0.15) is 0 Å². The molecule has 0 aliphatic rings. The summed E-state index contributed by atoms with van der Waals surface area (Å²) in [6, 6.07) is 9.55. The van der Waals surface area contributed by atoms with Crippen LogP contribution >= 0.6 is 0 Å². The van der Waals surface area contributed by atoms with Gasteiger partial charge in [0.05, 0.1) is 0 Å². The van der Waals surface area contributed by atoms with Crippen molar-refractivity contribution in [1.82, 2.24) is 0 Å². The van der Waals surface area contributed by atoms with E-state index in [4.69, 9.17) is 0 Å². The number of hydrogen-bond acceptors (Lipinski definition) is 2. The monoisotopic (exact) mass is 233 g/mol. The lowest BCUT2D eigenvalue weighted by Gasteiger charge is -2.19. The summed E-state index contributed by atoms with van der Waals surface area (Å²) < 4.78 is 0. The first-order chi connectivity index (χ1) is 8.08. The lowest BCUT2D eigenvalue weighted by atomic mass is 9.96. The molecule has 1 aromatic rings. The molecule has 3 heteroatoms. The number of carboxylic acids is 1. The topological polar surface area (TPSA) is 49.7 Å². The maximum absolute atomic E-state index is 11.2. The van der Waals surface area contributed by atoms with E-state index in [2.05, 4.69) is 4.99 Å². The van der Waals surface area contributed by atoms with Crippen molar-refractivity contribution in [3.63, 3.8) is 0 Å². The smallest absolute Gasteiger partial charge is 0.331 e. The Balaban J connectivity index is 2.80. The first-order valence-electron chi connectivity index (χ1n) is 5.92. The van der Waals surface area contributed by atoms with Crippen LogP contribution in [0.25, 0.3) is 0 Å². The van der Waals surface area contributed by atoms with E-state index < -0.39 is 11.5 Å². The van der Waals surface area contributed by atoms with Crippen molar-refractivity contribution in [2.75, 3.05) is 0 Å². The lowest BCUT2D eigenvalue weighted by Crippen LogP contribution is -2.33. The second-order valence-electron chi connectivity index (χ2n) is 4.35. The number of hydrogen-bond donors (Lipinski definition) is 1. The van der Waals surface area contributed by atoms with Crippen molar-refractivity contribution in [2.24, 2.45) is 4.99 Å². The number of nitrogens with zero attached hydrogens (tertiary/aromatic N) is 1. The summed E-state index contributed by atoms with van der Waals surface area (Å²) in [4.78, 5) is 15.5. The molecule has 1 aromatic carbocycles. The molecule has 0 aliphatic carbocycles.